The van der Waals surface area contributed by atoms with E-state index < -0.39 is 97.7 Å². The van der Waals surface area contributed by atoms with Gasteiger partial charge in [0.1, 0.15) is 5.69 Å². The minimum absolute atomic E-state index is 0.105. The van der Waals surface area contributed by atoms with Gasteiger partial charge < -0.3 is 10.2 Å². The maximum Gasteiger partial charge on any atom is 0.429 e. The van der Waals surface area contributed by atoms with Crippen LogP contribution in [-0.2, 0) is 4.79 Å². The lowest BCUT2D eigenvalue weighted by Gasteiger charge is -2.46. The van der Waals surface area contributed by atoms with E-state index in [0.29, 0.717) is 17.1 Å². The number of anilines is 1. The predicted octanol–water partition coefficient (Wildman–Crippen LogP) is 9.51. The number of amides is 2. The Morgan fingerprint density at radius 3 is 1.80 bits per heavy atom. The molecule has 1 aromatic carbocycles. The summed E-state index contributed by atoms with van der Waals surface area (Å²) in [6, 6.07) is 8.23. The van der Waals surface area contributed by atoms with E-state index in [1.54, 1.807) is 48.9 Å². The smallest absolute Gasteiger partial charge is 0.337 e. The van der Waals surface area contributed by atoms with Gasteiger partial charge in [0.15, 0.2) is 0 Å². The molecule has 0 bridgehead atoms. The van der Waals surface area contributed by atoms with Gasteiger partial charge in [-0.25, -0.2) is 22.8 Å². The summed E-state index contributed by atoms with van der Waals surface area (Å²) in [5.74, 6) is -20.0. The quantitative estimate of drug-likeness (QED) is 0.218. The first kappa shape index (κ1) is 43.5. The molecule has 1 aliphatic heterocycles. The van der Waals surface area contributed by atoms with Crippen LogP contribution < -0.4 is 5.32 Å². The van der Waals surface area contributed by atoms with Gasteiger partial charge in [-0.2, -0.15) is 66.6 Å². The molecule has 55 heavy (non-hydrogen) atoms. The highest BCUT2D eigenvalue weighted by Gasteiger charge is 2.95. The Hall–Kier alpha value is -4.19. The molecule has 2 aromatic heterocycles. The molecule has 4 rings (SSSR count). The van der Waals surface area contributed by atoms with E-state index in [-0.39, 0.29) is 15.6 Å². The van der Waals surface area contributed by atoms with Gasteiger partial charge in [0, 0.05) is 30.1 Å². The molecule has 2 amide bonds. The lowest BCUT2D eigenvalue weighted by molar-refractivity contribution is -0.481. The van der Waals surface area contributed by atoms with E-state index in [1.807, 2.05) is 0 Å². The standard InChI is InChI=1S/C30H24F17N5O2S/c1-14-11-15(2)52(50-14)19-6-4-3-5-17(19)48-20(53)18-12-55-21(49-18)16-7-9-51(10-8-16)22(54)25(34,35)23(31,27(36,37)38)13-24(32,33)26(28(39,40)41,29(42,43)44)30(45,46)47/h3-6,11-12,16H,7-10,13H2,1-2H3,(H,48,53). The van der Waals surface area contributed by atoms with E-state index in [0.717, 1.165) is 17.0 Å². The van der Waals surface area contributed by atoms with Crippen molar-refractivity contribution in [3.63, 3.8) is 0 Å². The van der Waals surface area contributed by atoms with Crippen molar-refractivity contribution < 1.29 is 84.2 Å². The molecule has 7 nitrogen and oxygen atoms in total. The third-order valence-electron chi connectivity index (χ3n) is 8.78. The zero-order valence-electron chi connectivity index (χ0n) is 27.5. The summed E-state index contributed by atoms with van der Waals surface area (Å²) in [5, 5.41) is 8.34. The molecule has 0 aliphatic carbocycles. The molecule has 1 atom stereocenters. The molecule has 25 heteroatoms. The SMILES string of the molecule is Cc1cc(C)n(-c2ccccc2NC(=O)c2csc(C3CCN(C(=O)C(F)(F)C(F)(CC(F)(F)C(C(F)(F)F)(C(F)(F)F)C(F)(F)F)C(F)(F)F)CC3)n2)n1. The number of rotatable bonds is 9. The molecular formula is C30H24F17N5O2S. The molecule has 3 aromatic rings. The molecule has 0 saturated carbocycles. The summed E-state index contributed by atoms with van der Waals surface area (Å²) in [6.07, 6.45) is -38.6. The van der Waals surface area contributed by atoms with Gasteiger partial charge in [0.25, 0.3) is 23.4 Å². The van der Waals surface area contributed by atoms with Crippen LogP contribution in [0.4, 0.5) is 80.3 Å². The van der Waals surface area contributed by atoms with Crippen LogP contribution in [0.15, 0.2) is 35.7 Å². The molecule has 1 N–H and O–H groups in total. The van der Waals surface area contributed by atoms with Crippen LogP contribution in [0.1, 0.15) is 52.1 Å². The zero-order valence-corrected chi connectivity index (χ0v) is 28.3. The van der Waals surface area contributed by atoms with Crippen LogP contribution in [-0.4, -0.2) is 86.8 Å². The number of nitrogens with one attached hydrogen (secondary N) is 1. The Kier molecular flexibility index (Phi) is 11.1. The van der Waals surface area contributed by atoms with Gasteiger partial charge in [0.05, 0.1) is 28.5 Å². The van der Waals surface area contributed by atoms with Gasteiger partial charge in [-0.1, -0.05) is 12.1 Å². The molecule has 0 radical (unpaired) electrons. The van der Waals surface area contributed by atoms with Gasteiger partial charge in [-0.15, -0.1) is 11.3 Å². The van der Waals surface area contributed by atoms with Gasteiger partial charge in [0.2, 0.25) is 0 Å². The van der Waals surface area contributed by atoms with Crippen LogP contribution in [0.25, 0.3) is 5.69 Å². The molecule has 1 unspecified atom stereocenters. The van der Waals surface area contributed by atoms with Crippen molar-refractivity contribution in [2.24, 2.45) is 5.41 Å². The number of carbonyl (C=O) groups excluding carboxylic acids is 2. The van der Waals surface area contributed by atoms with E-state index in [2.05, 4.69) is 15.4 Å². The van der Waals surface area contributed by atoms with Crippen molar-refractivity contribution in [2.45, 2.75) is 81.2 Å². The van der Waals surface area contributed by atoms with Gasteiger partial charge >= 0.3 is 36.0 Å². The van der Waals surface area contributed by atoms with E-state index in [4.69, 9.17) is 0 Å². The molecule has 306 valence electrons. The third kappa shape index (κ3) is 7.43. The summed E-state index contributed by atoms with van der Waals surface area (Å²) in [5.41, 5.74) is -13.9. The number of para-hydroxylation sites is 2. The minimum Gasteiger partial charge on any atom is -0.337 e. The van der Waals surface area contributed by atoms with Crippen LogP contribution in [0, 0.1) is 19.3 Å². The number of piperidine rings is 1. The van der Waals surface area contributed by atoms with Crippen molar-refractivity contribution in [2.75, 3.05) is 18.4 Å². The first-order valence-corrected chi connectivity index (χ1v) is 16.1. The molecule has 1 fully saturated rings. The van der Waals surface area contributed by atoms with Crippen molar-refractivity contribution in [3.8, 4) is 5.69 Å². The second-order valence-electron chi connectivity index (χ2n) is 12.4. The van der Waals surface area contributed by atoms with Crippen LogP contribution >= 0.6 is 11.3 Å². The number of aromatic nitrogens is 3. The third-order valence-corrected chi connectivity index (χ3v) is 9.79. The summed E-state index contributed by atoms with van der Waals surface area (Å²) in [6.45, 7) is 1.38. The molecule has 1 aliphatic rings. The molecule has 0 spiro atoms. The predicted molar refractivity (Wildman–Crippen MR) is 157 cm³/mol. The number of hydrogen-bond acceptors (Lipinski definition) is 5. The first-order chi connectivity index (χ1) is 24.8. The Morgan fingerprint density at radius 1 is 0.800 bits per heavy atom. The fourth-order valence-electron chi connectivity index (χ4n) is 6.03. The highest BCUT2D eigenvalue weighted by molar-refractivity contribution is 7.10. The topological polar surface area (TPSA) is 80.1 Å². The van der Waals surface area contributed by atoms with Crippen LogP contribution in [0.2, 0.25) is 0 Å². The first-order valence-electron chi connectivity index (χ1n) is 15.2. The monoisotopic (exact) mass is 841 g/mol. The van der Waals surface area contributed by atoms with Crippen molar-refractivity contribution in [1.82, 2.24) is 19.7 Å². The number of carbonyl (C=O) groups is 2. The number of benzene rings is 1. The minimum atomic E-state index is -8.48. The summed E-state index contributed by atoms with van der Waals surface area (Å²) in [4.78, 5) is 29.4. The summed E-state index contributed by atoms with van der Waals surface area (Å²) in [7, 11) is 0. The van der Waals surface area contributed by atoms with Crippen LogP contribution in [0.3, 0.4) is 0 Å². The zero-order chi connectivity index (χ0) is 42.0. The maximum absolute atomic E-state index is 15.2. The highest BCUT2D eigenvalue weighted by Crippen LogP contribution is 2.69. The normalized spacial score (nSPS) is 17.0. The maximum atomic E-state index is 15.2. The Bertz CT molecular complexity index is 1850. The Labute approximate surface area is 301 Å². The second-order valence-corrected chi connectivity index (χ2v) is 13.3. The van der Waals surface area contributed by atoms with Crippen molar-refractivity contribution >= 4 is 28.8 Å². The highest BCUT2D eigenvalue weighted by atomic mass is 32.1. The number of nitrogens with zero attached hydrogens (tertiary/aromatic N) is 4. The fraction of sp³-hybridized carbons (Fsp3) is 0.533. The largest absolute Gasteiger partial charge is 0.429 e. The fourth-order valence-corrected chi connectivity index (χ4v) is 7.00. The Morgan fingerprint density at radius 2 is 1.33 bits per heavy atom. The van der Waals surface area contributed by atoms with Crippen molar-refractivity contribution in [1.29, 1.82) is 0 Å². The van der Waals surface area contributed by atoms with E-state index in [9.17, 15) is 71.1 Å². The van der Waals surface area contributed by atoms with Crippen LogP contribution in [0.5, 0.6) is 0 Å². The van der Waals surface area contributed by atoms with E-state index in [1.165, 1.54) is 5.38 Å². The van der Waals surface area contributed by atoms with Gasteiger partial charge in [-0.3, -0.25) is 9.59 Å². The number of alkyl halides is 17. The molecular weight excluding hydrogens is 817 g/mol. The Balaban J connectivity index is 1.54. The number of thiazole rings is 1. The number of aryl methyl sites for hydroxylation is 2. The number of hydrogen-bond donors (Lipinski definition) is 1. The second kappa shape index (κ2) is 14.1. The van der Waals surface area contributed by atoms with Gasteiger partial charge in [-0.05, 0) is 44.9 Å². The number of halogens is 17. The lowest BCUT2D eigenvalue weighted by Crippen LogP contribution is -2.72. The molecule has 1 saturated heterocycles. The average Bonchev–Trinajstić information content (AvgIpc) is 3.64. The molecule has 3 heterocycles. The summed E-state index contributed by atoms with van der Waals surface area (Å²) < 4.78 is 237. The summed E-state index contributed by atoms with van der Waals surface area (Å²) >= 11 is 0.830. The lowest BCUT2D eigenvalue weighted by atomic mass is 9.72. The van der Waals surface area contributed by atoms with Crippen molar-refractivity contribution in [3.05, 3.63) is 57.8 Å². The van der Waals surface area contributed by atoms with E-state index >= 15 is 13.2 Å². The number of likely N-dealkylation sites (tertiary alicyclic amines) is 1. The average molecular weight is 842 g/mol.